The fraction of sp³-hybridized carbons (Fsp3) is 0.455. The lowest BCUT2D eigenvalue weighted by atomic mass is 9.97. The van der Waals surface area contributed by atoms with Gasteiger partial charge >= 0.3 is 5.69 Å². The minimum Gasteiger partial charge on any atom is -0.502 e. The van der Waals surface area contributed by atoms with Crippen molar-refractivity contribution in [1.82, 2.24) is 0 Å². The fourth-order valence-corrected chi connectivity index (χ4v) is 2.38. The molecule has 0 spiro atoms. The Morgan fingerprint density at radius 3 is 2.53 bits per heavy atom. The first-order valence-electron chi connectivity index (χ1n) is 5.52. The van der Waals surface area contributed by atoms with Crippen LogP contribution in [0, 0.1) is 16.0 Å². The SMILES string of the molecule is Cl.N[C@@H](c1cc(Br)cc([N+](=O)[O-])c1O)[C@H](O)C1CC1. The van der Waals surface area contributed by atoms with E-state index >= 15 is 0 Å². The second kappa shape index (κ2) is 6.04. The molecular formula is C11H14BrClN2O4. The van der Waals surface area contributed by atoms with Gasteiger partial charge in [0.2, 0.25) is 0 Å². The van der Waals surface area contributed by atoms with Crippen molar-refractivity contribution in [2.24, 2.45) is 11.7 Å². The molecule has 1 fully saturated rings. The summed E-state index contributed by atoms with van der Waals surface area (Å²) in [6.45, 7) is 0. The van der Waals surface area contributed by atoms with Gasteiger partial charge < -0.3 is 15.9 Å². The monoisotopic (exact) mass is 352 g/mol. The first-order chi connectivity index (χ1) is 8.41. The van der Waals surface area contributed by atoms with Crippen molar-refractivity contribution in [2.45, 2.75) is 25.0 Å². The first kappa shape index (κ1) is 16.2. The van der Waals surface area contributed by atoms with Crippen molar-refractivity contribution in [3.63, 3.8) is 0 Å². The zero-order chi connectivity index (χ0) is 13.4. The molecule has 106 valence electrons. The van der Waals surface area contributed by atoms with E-state index in [1.165, 1.54) is 12.1 Å². The summed E-state index contributed by atoms with van der Waals surface area (Å²) in [4.78, 5) is 10.1. The Hall–Kier alpha value is -0.890. The van der Waals surface area contributed by atoms with Gasteiger partial charge in [-0.25, -0.2) is 0 Å². The van der Waals surface area contributed by atoms with E-state index in [1.807, 2.05) is 0 Å². The second-order valence-corrected chi connectivity index (χ2v) is 5.39. The summed E-state index contributed by atoms with van der Waals surface area (Å²) < 4.78 is 0.445. The number of phenols is 1. The van der Waals surface area contributed by atoms with Crippen molar-refractivity contribution >= 4 is 34.0 Å². The summed E-state index contributed by atoms with van der Waals surface area (Å²) in [6.07, 6.45) is 1.00. The maximum absolute atomic E-state index is 10.8. The van der Waals surface area contributed by atoms with Crippen molar-refractivity contribution in [2.75, 3.05) is 0 Å². The Labute approximate surface area is 124 Å². The summed E-state index contributed by atoms with van der Waals surface area (Å²) in [6, 6.07) is 1.88. The van der Waals surface area contributed by atoms with E-state index in [2.05, 4.69) is 15.9 Å². The van der Waals surface area contributed by atoms with E-state index in [4.69, 9.17) is 5.73 Å². The maximum atomic E-state index is 10.8. The molecule has 0 unspecified atom stereocenters. The Morgan fingerprint density at radius 2 is 2.05 bits per heavy atom. The predicted molar refractivity (Wildman–Crippen MR) is 75.4 cm³/mol. The van der Waals surface area contributed by atoms with Crippen LogP contribution in [0.15, 0.2) is 16.6 Å². The van der Waals surface area contributed by atoms with Crippen molar-refractivity contribution < 1.29 is 15.1 Å². The van der Waals surface area contributed by atoms with Crippen LogP contribution in [0.3, 0.4) is 0 Å². The van der Waals surface area contributed by atoms with Gasteiger partial charge in [0.1, 0.15) is 0 Å². The number of nitro groups is 1. The predicted octanol–water partition coefficient (Wildman–Crippen LogP) is 2.26. The third kappa shape index (κ3) is 3.36. The van der Waals surface area contributed by atoms with Crippen LogP contribution in [0.1, 0.15) is 24.4 Å². The molecule has 0 amide bonds. The van der Waals surface area contributed by atoms with Crippen LogP contribution in [0.4, 0.5) is 5.69 Å². The number of benzene rings is 1. The van der Waals surface area contributed by atoms with Gasteiger partial charge in [-0.3, -0.25) is 10.1 Å². The largest absolute Gasteiger partial charge is 0.502 e. The molecule has 19 heavy (non-hydrogen) atoms. The van der Waals surface area contributed by atoms with Gasteiger partial charge in [-0.2, -0.15) is 0 Å². The third-order valence-electron chi connectivity index (χ3n) is 3.11. The summed E-state index contributed by atoms with van der Waals surface area (Å²) in [5, 5.41) is 30.6. The lowest BCUT2D eigenvalue weighted by molar-refractivity contribution is -0.386. The minimum atomic E-state index is -0.825. The number of aromatic hydroxyl groups is 1. The molecule has 0 heterocycles. The molecular weight excluding hydrogens is 339 g/mol. The normalized spacial score (nSPS) is 17.4. The van der Waals surface area contributed by atoms with Gasteiger partial charge in [0.05, 0.1) is 17.1 Å². The smallest absolute Gasteiger partial charge is 0.312 e. The van der Waals surface area contributed by atoms with E-state index in [9.17, 15) is 20.3 Å². The molecule has 1 aliphatic rings. The first-order valence-corrected chi connectivity index (χ1v) is 6.31. The number of halogens is 2. The molecule has 0 aromatic heterocycles. The summed E-state index contributed by atoms with van der Waals surface area (Å²) in [5.41, 5.74) is 5.64. The lowest BCUT2D eigenvalue weighted by Crippen LogP contribution is -2.28. The molecule has 1 saturated carbocycles. The van der Waals surface area contributed by atoms with Crippen molar-refractivity contribution in [3.8, 4) is 5.75 Å². The molecule has 4 N–H and O–H groups in total. The van der Waals surface area contributed by atoms with Gasteiger partial charge in [-0.15, -0.1) is 12.4 Å². The van der Waals surface area contributed by atoms with E-state index < -0.39 is 28.5 Å². The van der Waals surface area contributed by atoms with Crippen LogP contribution in [-0.4, -0.2) is 21.2 Å². The number of aliphatic hydroxyl groups excluding tert-OH is 1. The summed E-state index contributed by atoms with van der Waals surface area (Å²) in [5.74, 6) is -0.354. The van der Waals surface area contributed by atoms with Crippen molar-refractivity contribution in [3.05, 3.63) is 32.3 Å². The van der Waals surface area contributed by atoms with Crippen molar-refractivity contribution in [1.29, 1.82) is 0 Å². The molecule has 8 heteroatoms. The Kier molecular flexibility index (Phi) is 5.14. The molecule has 1 aliphatic carbocycles. The highest BCUT2D eigenvalue weighted by Crippen LogP contribution is 2.42. The molecule has 0 bridgehead atoms. The lowest BCUT2D eigenvalue weighted by Gasteiger charge is -2.19. The number of nitrogens with zero attached hydrogens (tertiary/aromatic N) is 1. The molecule has 1 aromatic rings. The topological polar surface area (TPSA) is 110 Å². The molecule has 0 aliphatic heterocycles. The zero-order valence-electron chi connectivity index (χ0n) is 9.82. The standard InChI is InChI=1S/C11H13BrN2O4.ClH/c12-6-3-7(9(13)10(15)5-1-2-5)11(16)8(4-6)14(17)18;/h3-5,9-10,15-16H,1-2,13H2;1H/t9-,10+;/m0./s1. The minimum absolute atomic E-state index is 0. The summed E-state index contributed by atoms with van der Waals surface area (Å²) in [7, 11) is 0. The molecule has 1 aromatic carbocycles. The van der Waals surface area contributed by atoms with Crippen LogP contribution in [-0.2, 0) is 0 Å². The number of aliphatic hydroxyl groups is 1. The summed E-state index contributed by atoms with van der Waals surface area (Å²) >= 11 is 3.13. The van der Waals surface area contributed by atoms with E-state index in [-0.39, 0.29) is 23.9 Å². The van der Waals surface area contributed by atoms with E-state index in [1.54, 1.807) is 0 Å². The number of rotatable bonds is 4. The van der Waals surface area contributed by atoms with E-state index in [0.29, 0.717) is 4.47 Å². The highest BCUT2D eigenvalue weighted by Gasteiger charge is 2.36. The van der Waals surface area contributed by atoms with Crippen LogP contribution in [0.2, 0.25) is 0 Å². The van der Waals surface area contributed by atoms with Gasteiger partial charge in [-0.05, 0) is 24.8 Å². The van der Waals surface area contributed by atoms with Gasteiger partial charge in [-0.1, -0.05) is 15.9 Å². The molecule has 0 radical (unpaired) electrons. The van der Waals surface area contributed by atoms with E-state index in [0.717, 1.165) is 12.8 Å². The van der Waals surface area contributed by atoms with Gasteiger partial charge in [0, 0.05) is 16.1 Å². The number of nitrogens with two attached hydrogens (primary N) is 1. The quantitative estimate of drug-likeness (QED) is 0.568. The maximum Gasteiger partial charge on any atom is 0.312 e. The van der Waals surface area contributed by atoms with Crippen LogP contribution in [0.5, 0.6) is 5.75 Å². The number of hydrogen-bond acceptors (Lipinski definition) is 5. The molecule has 2 atom stereocenters. The van der Waals surface area contributed by atoms with Gasteiger partial charge in [0.25, 0.3) is 0 Å². The number of phenolic OH excluding ortho intramolecular Hbond substituents is 1. The highest BCUT2D eigenvalue weighted by atomic mass is 79.9. The molecule has 2 rings (SSSR count). The molecule has 0 saturated heterocycles. The van der Waals surface area contributed by atoms with Crippen LogP contribution >= 0.6 is 28.3 Å². The van der Waals surface area contributed by atoms with Gasteiger partial charge in [0.15, 0.2) is 5.75 Å². The Balaban J connectivity index is 0.00000180. The zero-order valence-corrected chi connectivity index (χ0v) is 12.2. The van der Waals surface area contributed by atoms with Crippen LogP contribution < -0.4 is 5.73 Å². The Morgan fingerprint density at radius 1 is 1.47 bits per heavy atom. The highest BCUT2D eigenvalue weighted by molar-refractivity contribution is 9.10. The molecule has 6 nitrogen and oxygen atoms in total. The number of nitro benzene ring substituents is 1. The second-order valence-electron chi connectivity index (χ2n) is 4.47. The fourth-order valence-electron chi connectivity index (χ4n) is 1.91. The van der Waals surface area contributed by atoms with Crippen LogP contribution in [0.25, 0.3) is 0 Å². The number of hydrogen-bond donors (Lipinski definition) is 3. The Bertz CT molecular complexity index is 496. The third-order valence-corrected chi connectivity index (χ3v) is 3.57. The average Bonchev–Trinajstić information content (AvgIpc) is 3.13. The average molecular weight is 354 g/mol.